The Morgan fingerprint density at radius 2 is 1.61 bits per heavy atom. The molecule has 0 fully saturated rings. The number of aliphatic hydroxyl groups excluding tert-OH is 1. The fraction of sp³-hybridized carbons (Fsp3) is 1.00. The summed E-state index contributed by atoms with van der Waals surface area (Å²) < 4.78 is 59.2. The van der Waals surface area contributed by atoms with Crippen molar-refractivity contribution in [2.75, 3.05) is 32.0 Å². The lowest BCUT2D eigenvalue weighted by Gasteiger charge is -2.25. The van der Waals surface area contributed by atoms with E-state index in [1.54, 1.807) is 0 Å². The first kappa shape index (κ1) is 17.7. The van der Waals surface area contributed by atoms with Gasteiger partial charge in [0.25, 0.3) is 0 Å². The zero-order valence-corrected chi connectivity index (χ0v) is 11.6. The van der Waals surface area contributed by atoms with Gasteiger partial charge in [-0.3, -0.25) is 4.90 Å². The Kier molecular flexibility index (Phi) is 6.09. The minimum atomic E-state index is -4.40. The van der Waals surface area contributed by atoms with Gasteiger partial charge in [0.05, 0.1) is 23.7 Å². The van der Waals surface area contributed by atoms with Crippen molar-refractivity contribution in [1.82, 2.24) is 4.90 Å². The summed E-state index contributed by atoms with van der Waals surface area (Å²) in [6.45, 7) is 2.42. The molecule has 110 valence electrons. The lowest BCUT2D eigenvalue weighted by molar-refractivity contribution is -0.146. The minimum Gasteiger partial charge on any atom is -0.395 e. The molecule has 0 bridgehead atoms. The van der Waals surface area contributed by atoms with E-state index in [1.807, 2.05) is 0 Å². The molecule has 0 rings (SSSR count). The normalized spacial score (nSPS) is 14.2. The van der Waals surface area contributed by atoms with Crippen LogP contribution in [0, 0.1) is 0 Å². The SMILES string of the molecule is CC(C)(C)S(=O)(=O)CCN(CCO)CC(F)(F)F. The van der Waals surface area contributed by atoms with Gasteiger partial charge in [-0.15, -0.1) is 0 Å². The molecule has 0 aromatic rings. The molecular formula is C10H20F3NO3S. The number of nitrogens with zero attached hydrogens (tertiary/aromatic N) is 1. The Bertz CT molecular complexity index is 346. The summed E-state index contributed by atoms with van der Waals surface area (Å²) in [5, 5.41) is 8.66. The van der Waals surface area contributed by atoms with Gasteiger partial charge in [0.2, 0.25) is 0 Å². The minimum absolute atomic E-state index is 0.195. The Morgan fingerprint density at radius 3 is 1.94 bits per heavy atom. The Balaban J connectivity index is 4.55. The number of hydrogen-bond donors (Lipinski definition) is 1. The molecule has 0 spiro atoms. The third-order valence-corrected chi connectivity index (χ3v) is 5.01. The summed E-state index contributed by atoms with van der Waals surface area (Å²) >= 11 is 0. The molecule has 0 amide bonds. The van der Waals surface area contributed by atoms with E-state index in [9.17, 15) is 21.6 Å². The van der Waals surface area contributed by atoms with E-state index in [2.05, 4.69) is 0 Å². The quantitative estimate of drug-likeness (QED) is 0.795. The summed E-state index contributed by atoms with van der Waals surface area (Å²) in [5.74, 6) is -0.355. The maximum absolute atomic E-state index is 12.2. The van der Waals surface area contributed by atoms with Gasteiger partial charge in [-0.1, -0.05) is 0 Å². The summed E-state index contributed by atoms with van der Waals surface area (Å²) in [6, 6.07) is 0. The van der Waals surface area contributed by atoms with Crippen LogP contribution >= 0.6 is 0 Å². The fourth-order valence-electron chi connectivity index (χ4n) is 1.22. The number of halogens is 3. The van der Waals surface area contributed by atoms with Gasteiger partial charge >= 0.3 is 6.18 Å². The van der Waals surface area contributed by atoms with Crippen LogP contribution in [0.25, 0.3) is 0 Å². The van der Waals surface area contributed by atoms with Gasteiger partial charge < -0.3 is 5.11 Å². The Morgan fingerprint density at radius 1 is 1.11 bits per heavy atom. The molecule has 18 heavy (non-hydrogen) atoms. The molecule has 0 unspecified atom stereocenters. The molecule has 0 aromatic heterocycles. The van der Waals surface area contributed by atoms with Crippen LogP contribution in [-0.2, 0) is 9.84 Å². The summed E-state index contributed by atoms with van der Waals surface area (Å²) in [5.41, 5.74) is 0. The van der Waals surface area contributed by atoms with Crippen LogP contribution in [0.15, 0.2) is 0 Å². The van der Waals surface area contributed by atoms with Crippen LogP contribution in [-0.4, -0.2) is 61.3 Å². The van der Waals surface area contributed by atoms with Crippen LogP contribution in [0.1, 0.15) is 20.8 Å². The average molecular weight is 291 g/mol. The molecule has 0 aliphatic rings. The fourth-order valence-corrected chi connectivity index (χ4v) is 2.33. The second kappa shape index (κ2) is 6.21. The number of rotatable bonds is 6. The second-order valence-corrected chi connectivity index (χ2v) is 7.91. The van der Waals surface area contributed by atoms with Crippen molar-refractivity contribution in [1.29, 1.82) is 0 Å². The van der Waals surface area contributed by atoms with Crippen molar-refractivity contribution < 1.29 is 26.7 Å². The van der Waals surface area contributed by atoms with Crippen molar-refractivity contribution in [3.05, 3.63) is 0 Å². The van der Waals surface area contributed by atoms with E-state index >= 15 is 0 Å². The second-order valence-electron chi connectivity index (χ2n) is 5.05. The Labute approximate surface area is 106 Å². The highest BCUT2D eigenvalue weighted by Crippen LogP contribution is 2.18. The number of hydrogen-bond acceptors (Lipinski definition) is 4. The maximum Gasteiger partial charge on any atom is 0.401 e. The topological polar surface area (TPSA) is 57.6 Å². The van der Waals surface area contributed by atoms with Gasteiger partial charge in [0.15, 0.2) is 9.84 Å². The third-order valence-electron chi connectivity index (χ3n) is 2.43. The first-order valence-electron chi connectivity index (χ1n) is 5.51. The lowest BCUT2D eigenvalue weighted by Crippen LogP contribution is -2.41. The molecule has 0 aliphatic carbocycles. The zero-order chi connectivity index (χ0) is 14.6. The van der Waals surface area contributed by atoms with Crippen LogP contribution in [0.2, 0.25) is 0 Å². The van der Waals surface area contributed by atoms with E-state index in [0.29, 0.717) is 0 Å². The molecule has 0 saturated carbocycles. The summed E-state index contributed by atoms with van der Waals surface area (Å²) in [4.78, 5) is 0.892. The van der Waals surface area contributed by atoms with E-state index in [-0.39, 0.29) is 18.8 Å². The third kappa shape index (κ3) is 6.55. The highest BCUT2D eigenvalue weighted by molar-refractivity contribution is 7.92. The van der Waals surface area contributed by atoms with E-state index in [4.69, 9.17) is 5.11 Å². The molecule has 1 N–H and O–H groups in total. The van der Waals surface area contributed by atoms with Crippen LogP contribution in [0.3, 0.4) is 0 Å². The maximum atomic E-state index is 12.2. The molecule has 0 heterocycles. The smallest absolute Gasteiger partial charge is 0.395 e. The van der Waals surface area contributed by atoms with Crippen LogP contribution in [0.5, 0.6) is 0 Å². The van der Waals surface area contributed by atoms with Crippen LogP contribution in [0.4, 0.5) is 13.2 Å². The van der Waals surface area contributed by atoms with Crippen molar-refractivity contribution >= 4 is 9.84 Å². The number of sulfone groups is 1. The van der Waals surface area contributed by atoms with Gasteiger partial charge in [0.1, 0.15) is 0 Å². The lowest BCUT2D eigenvalue weighted by atomic mass is 10.3. The number of alkyl halides is 3. The predicted molar refractivity (Wildman–Crippen MR) is 63.1 cm³/mol. The van der Waals surface area contributed by atoms with Crippen molar-refractivity contribution in [3.63, 3.8) is 0 Å². The first-order valence-corrected chi connectivity index (χ1v) is 7.16. The van der Waals surface area contributed by atoms with Crippen molar-refractivity contribution in [2.24, 2.45) is 0 Å². The molecule has 0 atom stereocenters. The predicted octanol–water partition coefficient (Wildman–Crippen LogP) is 1.06. The van der Waals surface area contributed by atoms with Gasteiger partial charge in [0, 0.05) is 13.1 Å². The number of aliphatic hydroxyl groups is 1. The van der Waals surface area contributed by atoms with Gasteiger partial charge in [-0.2, -0.15) is 13.2 Å². The van der Waals surface area contributed by atoms with E-state index < -0.39 is 33.9 Å². The monoisotopic (exact) mass is 291 g/mol. The largest absolute Gasteiger partial charge is 0.401 e. The van der Waals surface area contributed by atoms with Crippen LogP contribution < -0.4 is 0 Å². The van der Waals surface area contributed by atoms with Crippen molar-refractivity contribution in [2.45, 2.75) is 31.7 Å². The zero-order valence-electron chi connectivity index (χ0n) is 10.8. The summed E-state index contributed by atoms with van der Waals surface area (Å²) in [7, 11) is -3.46. The van der Waals surface area contributed by atoms with Gasteiger partial charge in [-0.05, 0) is 20.8 Å². The van der Waals surface area contributed by atoms with Gasteiger partial charge in [-0.25, -0.2) is 8.42 Å². The molecule has 0 aliphatic heterocycles. The highest BCUT2D eigenvalue weighted by Gasteiger charge is 2.33. The molecule has 0 radical (unpaired) electrons. The Hall–Kier alpha value is -0.340. The first-order chi connectivity index (χ1) is 7.89. The molecule has 4 nitrogen and oxygen atoms in total. The van der Waals surface area contributed by atoms with E-state index in [1.165, 1.54) is 20.8 Å². The summed E-state index contributed by atoms with van der Waals surface area (Å²) in [6.07, 6.45) is -4.40. The van der Waals surface area contributed by atoms with E-state index in [0.717, 1.165) is 4.90 Å². The average Bonchev–Trinajstić information content (AvgIpc) is 2.10. The standard InChI is InChI=1S/C10H20F3NO3S/c1-9(2,3)18(16,17)7-5-14(4-6-15)8-10(11,12)13/h15H,4-8H2,1-3H3. The molecular weight excluding hydrogens is 271 g/mol. The molecule has 0 aromatic carbocycles. The highest BCUT2D eigenvalue weighted by atomic mass is 32.2. The van der Waals surface area contributed by atoms with Crippen molar-refractivity contribution in [3.8, 4) is 0 Å². The molecule has 0 saturated heterocycles. The molecule has 8 heteroatoms.